The van der Waals surface area contributed by atoms with E-state index in [4.69, 9.17) is 9.47 Å². The molecule has 0 aliphatic heterocycles. The van der Waals surface area contributed by atoms with Crippen LogP contribution in [0.5, 0.6) is 17.2 Å². The van der Waals surface area contributed by atoms with Crippen molar-refractivity contribution in [2.24, 2.45) is 7.05 Å². The van der Waals surface area contributed by atoms with Crippen molar-refractivity contribution in [1.29, 1.82) is 0 Å². The number of hydrogen-bond acceptors (Lipinski definition) is 4. The highest BCUT2D eigenvalue weighted by molar-refractivity contribution is 5.88. The Morgan fingerprint density at radius 1 is 1.04 bits per heavy atom. The number of hydrogen-bond donors (Lipinski definition) is 1. The standard InChI is InChI=1S/C21H23NO4/c1-3-4-12-25-20-19(26-14-15-8-6-5-7-9-15)17-11-10-16(23)13-18(17)22(2)21(20)24/h5-11,13,23H,3-4,12,14H2,1-2H3. The fourth-order valence-corrected chi connectivity index (χ4v) is 2.79. The van der Waals surface area contributed by atoms with E-state index < -0.39 is 0 Å². The van der Waals surface area contributed by atoms with Gasteiger partial charge in [0.15, 0.2) is 5.75 Å². The Balaban J connectivity index is 2.07. The predicted octanol–water partition coefficient (Wildman–Crippen LogP) is 4.00. The smallest absolute Gasteiger partial charge is 0.297 e. The Bertz CT molecular complexity index is 948. The summed E-state index contributed by atoms with van der Waals surface area (Å²) >= 11 is 0. The summed E-state index contributed by atoms with van der Waals surface area (Å²) in [5, 5.41) is 10.5. The van der Waals surface area contributed by atoms with E-state index in [0.29, 0.717) is 24.5 Å². The van der Waals surface area contributed by atoms with Crippen LogP contribution in [0.1, 0.15) is 25.3 Å². The molecule has 0 unspecified atom stereocenters. The molecule has 0 spiro atoms. The topological polar surface area (TPSA) is 60.7 Å². The number of pyridine rings is 1. The van der Waals surface area contributed by atoms with Crippen molar-refractivity contribution in [2.45, 2.75) is 26.4 Å². The summed E-state index contributed by atoms with van der Waals surface area (Å²) in [4.78, 5) is 12.8. The number of aromatic nitrogens is 1. The molecule has 3 rings (SSSR count). The van der Waals surface area contributed by atoms with Crippen molar-refractivity contribution >= 4 is 10.9 Å². The Labute approximate surface area is 152 Å². The molecule has 0 aliphatic carbocycles. The lowest BCUT2D eigenvalue weighted by Gasteiger charge is -2.17. The minimum Gasteiger partial charge on any atom is -0.508 e. The summed E-state index contributed by atoms with van der Waals surface area (Å²) < 4.78 is 13.3. The zero-order valence-corrected chi connectivity index (χ0v) is 15.1. The first-order valence-electron chi connectivity index (χ1n) is 8.77. The average molecular weight is 353 g/mol. The Morgan fingerprint density at radius 2 is 1.81 bits per heavy atom. The van der Waals surface area contributed by atoms with E-state index in [-0.39, 0.29) is 17.1 Å². The van der Waals surface area contributed by atoms with Crippen LogP contribution in [0.25, 0.3) is 10.9 Å². The maximum Gasteiger partial charge on any atom is 0.297 e. The highest BCUT2D eigenvalue weighted by Crippen LogP contribution is 2.34. The lowest BCUT2D eigenvalue weighted by Crippen LogP contribution is -2.21. The third-order valence-corrected chi connectivity index (χ3v) is 4.26. The number of phenols is 1. The SMILES string of the molecule is CCCCOc1c(OCc2ccccc2)c2ccc(O)cc2n(C)c1=O. The second-order valence-corrected chi connectivity index (χ2v) is 6.20. The molecule has 26 heavy (non-hydrogen) atoms. The van der Waals surface area contributed by atoms with E-state index in [1.165, 1.54) is 4.57 Å². The molecule has 1 heterocycles. The van der Waals surface area contributed by atoms with Crippen LogP contribution in [0.15, 0.2) is 53.3 Å². The molecule has 1 N–H and O–H groups in total. The first-order chi connectivity index (χ1) is 12.6. The molecule has 3 aromatic rings. The number of ether oxygens (including phenoxy) is 2. The Kier molecular flexibility index (Phi) is 5.46. The fourth-order valence-electron chi connectivity index (χ4n) is 2.79. The molecule has 5 heteroatoms. The van der Waals surface area contributed by atoms with Crippen LogP contribution in [0.3, 0.4) is 0 Å². The molecule has 0 atom stereocenters. The second-order valence-electron chi connectivity index (χ2n) is 6.20. The van der Waals surface area contributed by atoms with Crippen molar-refractivity contribution in [3.05, 3.63) is 64.4 Å². The van der Waals surface area contributed by atoms with E-state index in [9.17, 15) is 9.90 Å². The highest BCUT2D eigenvalue weighted by atomic mass is 16.5. The van der Waals surface area contributed by atoms with Gasteiger partial charge in [-0.3, -0.25) is 4.79 Å². The van der Waals surface area contributed by atoms with Gasteiger partial charge in [0.25, 0.3) is 5.56 Å². The van der Waals surface area contributed by atoms with Gasteiger partial charge in [-0.05, 0) is 24.1 Å². The van der Waals surface area contributed by atoms with Crippen molar-refractivity contribution in [1.82, 2.24) is 4.57 Å². The van der Waals surface area contributed by atoms with Crippen LogP contribution in [0.4, 0.5) is 0 Å². The number of nitrogens with zero attached hydrogens (tertiary/aromatic N) is 1. The van der Waals surface area contributed by atoms with Crippen LogP contribution in [-0.4, -0.2) is 16.3 Å². The van der Waals surface area contributed by atoms with Crippen LogP contribution in [0, 0.1) is 0 Å². The fraction of sp³-hybridized carbons (Fsp3) is 0.286. The summed E-state index contributed by atoms with van der Waals surface area (Å²) in [7, 11) is 1.66. The quantitative estimate of drug-likeness (QED) is 0.652. The number of fused-ring (bicyclic) bond motifs is 1. The second kappa shape index (κ2) is 7.95. The van der Waals surface area contributed by atoms with Crippen LogP contribution in [0.2, 0.25) is 0 Å². The van der Waals surface area contributed by atoms with Crippen molar-refractivity contribution in [2.75, 3.05) is 6.61 Å². The number of unbranched alkanes of at least 4 members (excludes halogenated alkanes) is 1. The third kappa shape index (κ3) is 3.67. The van der Waals surface area contributed by atoms with Gasteiger partial charge < -0.3 is 19.1 Å². The zero-order chi connectivity index (χ0) is 18.5. The minimum absolute atomic E-state index is 0.0983. The molecule has 1 aromatic heterocycles. The normalized spacial score (nSPS) is 10.8. The van der Waals surface area contributed by atoms with E-state index >= 15 is 0 Å². The summed E-state index contributed by atoms with van der Waals surface area (Å²) in [6.45, 7) is 2.85. The van der Waals surface area contributed by atoms with Gasteiger partial charge in [-0.1, -0.05) is 43.7 Å². The Hall–Kier alpha value is -2.95. The zero-order valence-electron chi connectivity index (χ0n) is 15.1. The van der Waals surface area contributed by atoms with Crippen LogP contribution in [-0.2, 0) is 13.7 Å². The van der Waals surface area contributed by atoms with E-state index in [1.807, 2.05) is 30.3 Å². The molecule has 0 amide bonds. The van der Waals surface area contributed by atoms with Gasteiger partial charge in [0.05, 0.1) is 12.1 Å². The van der Waals surface area contributed by atoms with Gasteiger partial charge in [-0.15, -0.1) is 0 Å². The predicted molar refractivity (Wildman–Crippen MR) is 102 cm³/mol. The summed E-state index contributed by atoms with van der Waals surface area (Å²) in [6.07, 6.45) is 1.83. The molecule has 0 aliphatic rings. The van der Waals surface area contributed by atoms with Gasteiger partial charge in [0.2, 0.25) is 5.75 Å². The monoisotopic (exact) mass is 353 g/mol. The molecular weight excluding hydrogens is 330 g/mol. The maximum atomic E-state index is 12.8. The van der Waals surface area contributed by atoms with E-state index in [0.717, 1.165) is 23.8 Å². The largest absolute Gasteiger partial charge is 0.508 e. The van der Waals surface area contributed by atoms with Crippen molar-refractivity contribution in [3.63, 3.8) is 0 Å². The molecule has 0 saturated carbocycles. The number of aryl methyl sites for hydroxylation is 1. The lowest BCUT2D eigenvalue weighted by atomic mass is 10.1. The molecule has 0 saturated heterocycles. The maximum absolute atomic E-state index is 12.8. The van der Waals surface area contributed by atoms with Crippen LogP contribution < -0.4 is 15.0 Å². The summed E-state index contributed by atoms with van der Waals surface area (Å²) in [5.41, 5.74) is 1.32. The first kappa shape index (κ1) is 17.9. The van der Waals surface area contributed by atoms with Gasteiger partial charge in [0, 0.05) is 18.5 Å². The molecule has 0 radical (unpaired) electrons. The minimum atomic E-state index is -0.276. The number of aromatic hydroxyl groups is 1. The number of phenolic OH excluding ortho intramolecular Hbond substituents is 1. The number of rotatable bonds is 7. The highest BCUT2D eigenvalue weighted by Gasteiger charge is 2.18. The molecular formula is C21H23NO4. The molecule has 0 bridgehead atoms. The molecule has 2 aromatic carbocycles. The summed E-state index contributed by atoms with van der Waals surface area (Å²) in [5.74, 6) is 0.735. The van der Waals surface area contributed by atoms with Gasteiger partial charge in [0.1, 0.15) is 12.4 Å². The molecule has 136 valence electrons. The summed E-state index contributed by atoms with van der Waals surface area (Å²) in [6, 6.07) is 14.6. The van der Waals surface area contributed by atoms with E-state index in [1.54, 1.807) is 25.2 Å². The third-order valence-electron chi connectivity index (χ3n) is 4.26. The molecule has 5 nitrogen and oxygen atoms in total. The average Bonchev–Trinajstić information content (AvgIpc) is 2.66. The van der Waals surface area contributed by atoms with Gasteiger partial charge in [-0.2, -0.15) is 0 Å². The van der Waals surface area contributed by atoms with Crippen molar-refractivity contribution < 1.29 is 14.6 Å². The lowest BCUT2D eigenvalue weighted by molar-refractivity contribution is 0.257. The molecule has 0 fully saturated rings. The van der Waals surface area contributed by atoms with Crippen LogP contribution >= 0.6 is 0 Å². The van der Waals surface area contributed by atoms with E-state index in [2.05, 4.69) is 6.92 Å². The Morgan fingerprint density at radius 3 is 2.54 bits per heavy atom. The first-order valence-corrected chi connectivity index (χ1v) is 8.77. The number of benzene rings is 2. The van der Waals surface area contributed by atoms with Crippen molar-refractivity contribution in [3.8, 4) is 17.2 Å². The van der Waals surface area contributed by atoms with Gasteiger partial charge >= 0.3 is 0 Å². The van der Waals surface area contributed by atoms with Gasteiger partial charge in [-0.25, -0.2) is 0 Å².